The van der Waals surface area contributed by atoms with Crippen molar-refractivity contribution in [3.8, 4) is 0 Å². The zero-order valence-corrected chi connectivity index (χ0v) is 11.2. The average Bonchev–Trinajstić information content (AvgIpc) is 2.89. The Morgan fingerprint density at radius 3 is 2.90 bits per heavy atom. The summed E-state index contributed by atoms with van der Waals surface area (Å²) in [6, 6.07) is 10.3. The van der Waals surface area contributed by atoms with Crippen LogP contribution in [0.4, 0.5) is 15.8 Å². The van der Waals surface area contributed by atoms with E-state index in [1.807, 2.05) is 18.2 Å². The van der Waals surface area contributed by atoms with Gasteiger partial charge in [-0.25, -0.2) is 4.39 Å². The fourth-order valence-electron chi connectivity index (χ4n) is 2.32. The van der Waals surface area contributed by atoms with Crippen molar-refractivity contribution in [1.82, 2.24) is 0 Å². The molecule has 1 aliphatic rings. The number of carbonyl (C=O) groups is 1. The molecule has 0 bridgehead atoms. The molecule has 20 heavy (non-hydrogen) atoms. The van der Waals surface area contributed by atoms with Crippen LogP contribution in [0.2, 0.25) is 0 Å². The molecule has 0 aromatic heterocycles. The van der Waals surface area contributed by atoms with Crippen molar-refractivity contribution in [2.24, 2.45) is 0 Å². The number of halogens is 1. The molecule has 0 fully saturated rings. The molecular formula is C16H15FN2O. The van der Waals surface area contributed by atoms with E-state index >= 15 is 0 Å². The van der Waals surface area contributed by atoms with E-state index in [4.69, 9.17) is 0 Å². The number of rotatable bonds is 2. The predicted molar refractivity (Wildman–Crippen MR) is 77.7 cm³/mol. The molecule has 1 heterocycles. The van der Waals surface area contributed by atoms with Crippen LogP contribution in [0.25, 0.3) is 0 Å². The SMILES string of the molecule is Cc1ccc(C(=O)Nc2ccc3c(c2)CCN3)cc1F. The van der Waals surface area contributed by atoms with Crippen LogP contribution in [0.15, 0.2) is 36.4 Å². The minimum Gasteiger partial charge on any atom is -0.384 e. The monoisotopic (exact) mass is 270 g/mol. The van der Waals surface area contributed by atoms with E-state index in [1.165, 1.54) is 11.6 Å². The topological polar surface area (TPSA) is 41.1 Å². The molecule has 4 heteroatoms. The highest BCUT2D eigenvalue weighted by molar-refractivity contribution is 6.04. The van der Waals surface area contributed by atoms with E-state index in [1.54, 1.807) is 19.1 Å². The first-order valence-corrected chi connectivity index (χ1v) is 6.58. The van der Waals surface area contributed by atoms with Crippen LogP contribution >= 0.6 is 0 Å². The summed E-state index contributed by atoms with van der Waals surface area (Å²) in [5, 5.41) is 6.06. The second kappa shape index (κ2) is 4.96. The zero-order chi connectivity index (χ0) is 14.1. The average molecular weight is 270 g/mol. The van der Waals surface area contributed by atoms with Gasteiger partial charge in [-0.1, -0.05) is 6.07 Å². The maximum atomic E-state index is 13.5. The molecule has 3 rings (SSSR count). The summed E-state index contributed by atoms with van der Waals surface area (Å²) < 4.78 is 13.5. The largest absolute Gasteiger partial charge is 0.384 e. The molecule has 102 valence electrons. The third-order valence-corrected chi connectivity index (χ3v) is 3.51. The number of aryl methyl sites for hydroxylation is 1. The van der Waals surface area contributed by atoms with Gasteiger partial charge in [0.2, 0.25) is 0 Å². The molecule has 0 aliphatic carbocycles. The van der Waals surface area contributed by atoms with Crippen molar-refractivity contribution in [2.45, 2.75) is 13.3 Å². The molecular weight excluding hydrogens is 255 g/mol. The molecule has 1 amide bonds. The molecule has 0 saturated heterocycles. The van der Waals surface area contributed by atoms with Gasteiger partial charge in [0, 0.05) is 23.5 Å². The lowest BCUT2D eigenvalue weighted by Gasteiger charge is -2.08. The Hall–Kier alpha value is -2.36. The first-order valence-electron chi connectivity index (χ1n) is 6.58. The lowest BCUT2D eigenvalue weighted by molar-refractivity contribution is 0.102. The van der Waals surface area contributed by atoms with E-state index < -0.39 is 0 Å². The Balaban J connectivity index is 1.80. The minimum absolute atomic E-state index is 0.296. The van der Waals surface area contributed by atoms with Crippen molar-refractivity contribution < 1.29 is 9.18 Å². The maximum Gasteiger partial charge on any atom is 0.255 e. The first kappa shape index (κ1) is 12.7. The quantitative estimate of drug-likeness (QED) is 0.878. The van der Waals surface area contributed by atoms with Crippen molar-refractivity contribution >= 4 is 17.3 Å². The number of hydrogen-bond donors (Lipinski definition) is 2. The number of fused-ring (bicyclic) bond motifs is 1. The highest BCUT2D eigenvalue weighted by atomic mass is 19.1. The van der Waals surface area contributed by atoms with Crippen LogP contribution in [-0.4, -0.2) is 12.5 Å². The van der Waals surface area contributed by atoms with Gasteiger partial charge in [0.1, 0.15) is 5.82 Å². The van der Waals surface area contributed by atoms with Gasteiger partial charge in [-0.3, -0.25) is 4.79 Å². The summed E-state index contributed by atoms with van der Waals surface area (Å²) >= 11 is 0. The summed E-state index contributed by atoms with van der Waals surface area (Å²) in [5.41, 5.74) is 3.90. The Kier molecular flexibility index (Phi) is 3.14. The second-order valence-electron chi connectivity index (χ2n) is 4.97. The number of hydrogen-bond acceptors (Lipinski definition) is 2. The Bertz CT molecular complexity index is 682. The van der Waals surface area contributed by atoms with E-state index in [0.717, 1.165) is 24.3 Å². The van der Waals surface area contributed by atoms with Crippen LogP contribution in [0, 0.1) is 12.7 Å². The highest BCUT2D eigenvalue weighted by Gasteiger charge is 2.12. The smallest absolute Gasteiger partial charge is 0.255 e. The van der Waals surface area contributed by atoms with Crippen molar-refractivity contribution in [3.63, 3.8) is 0 Å². The number of anilines is 2. The van der Waals surface area contributed by atoms with Gasteiger partial charge in [0.05, 0.1) is 0 Å². The second-order valence-corrected chi connectivity index (χ2v) is 4.97. The van der Waals surface area contributed by atoms with Crippen LogP contribution in [0.1, 0.15) is 21.5 Å². The van der Waals surface area contributed by atoms with Crippen molar-refractivity contribution in [1.29, 1.82) is 0 Å². The molecule has 0 spiro atoms. The van der Waals surface area contributed by atoms with Crippen molar-refractivity contribution in [2.75, 3.05) is 17.2 Å². The van der Waals surface area contributed by atoms with Gasteiger partial charge < -0.3 is 10.6 Å². The fraction of sp³-hybridized carbons (Fsp3) is 0.188. The normalized spacial score (nSPS) is 12.7. The number of carbonyl (C=O) groups excluding carboxylic acids is 1. The van der Waals surface area contributed by atoms with Crippen LogP contribution in [0.5, 0.6) is 0 Å². The molecule has 2 N–H and O–H groups in total. The van der Waals surface area contributed by atoms with Gasteiger partial charge >= 0.3 is 0 Å². The summed E-state index contributed by atoms with van der Waals surface area (Å²) in [6.45, 7) is 2.60. The van der Waals surface area contributed by atoms with E-state index in [0.29, 0.717) is 11.1 Å². The van der Waals surface area contributed by atoms with Gasteiger partial charge in [0.25, 0.3) is 5.91 Å². The van der Waals surface area contributed by atoms with Crippen LogP contribution < -0.4 is 10.6 Å². The van der Waals surface area contributed by atoms with E-state index in [9.17, 15) is 9.18 Å². The standard InChI is InChI=1S/C16H15FN2O/c1-10-2-3-12(9-14(10)17)16(20)19-13-4-5-15-11(8-13)6-7-18-15/h2-5,8-9,18H,6-7H2,1H3,(H,19,20). The third kappa shape index (κ3) is 2.37. The summed E-state index contributed by atoms with van der Waals surface area (Å²) in [5.74, 6) is -0.661. The molecule has 0 unspecified atom stereocenters. The van der Waals surface area contributed by atoms with Gasteiger partial charge in [-0.05, 0) is 54.8 Å². The van der Waals surface area contributed by atoms with E-state index in [2.05, 4.69) is 10.6 Å². The maximum absolute atomic E-state index is 13.5. The fourth-order valence-corrected chi connectivity index (χ4v) is 2.32. The number of amides is 1. The Morgan fingerprint density at radius 1 is 1.25 bits per heavy atom. The first-order chi connectivity index (χ1) is 9.63. The summed E-state index contributed by atoms with van der Waals surface area (Å²) in [7, 11) is 0. The molecule has 0 radical (unpaired) electrons. The summed E-state index contributed by atoms with van der Waals surface area (Å²) in [4.78, 5) is 12.1. The predicted octanol–water partition coefficient (Wildman–Crippen LogP) is 3.35. The van der Waals surface area contributed by atoms with Crippen LogP contribution in [0.3, 0.4) is 0 Å². The molecule has 2 aromatic rings. The number of benzene rings is 2. The number of nitrogens with one attached hydrogen (secondary N) is 2. The van der Waals surface area contributed by atoms with Crippen molar-refractivity contribution in [3.05, 3.63) is 58.9 Å². The third-order valence-electron chi connectivity index (χ3n) is 3.51. The van der Waals surface area contributed by atoms with Gasteiger partial charge in [-0.2, -0.15) is 0 Å². The lowest BCUT2D eigenvalue weighted by atomic mass is 10.1. The molecule has 0 saturated carbocycles. The van der Waals surface area contributed by atoms with Crippen LogP contribution in [-0.2, 0) is 6.42 Å². The zero-order valence-electron chi connectivity index (χ0n) is 11.2. The Labute approximate surface area is 116 Å². The molecule has 0 atom stereocenters. The molecule has 1 aliphatic heterocycles. The van der Waals surface area contributed by atoms with Gasteiger partial charge in [-0.15, -0.1) is 0 Å². The van der Waals surface area contributed by atoms with E-state index in [-0.39, 0.29) is 11.7 Å². The minimum atomic E-state index is -0.365. The molecule has 2 aromatic carbocycles. The highest BCUT2D eigenvalue weighted by Crippen LogP contribution is 2.25. The Morgan fingerprint density at radius 2 is 2.10 bits per heavy atom. The molecule has 3 nitrogen and oxygen atoms in total. The van der Waals surface area contributed by atoms with Gasteiger partial charge in [0.15, 0.2) is 0 Å². The lowest BCUT2D eigenvalue weighted by Crippen LogP contribution is -2.12. The summed E-state index contributed by atoms with van der Waals surface area (Å²) in [6.07, 6.45) is 0.957.